The number of aromatic nitrogens is 1. The van der Waals surface area contributed by atoms with E-state index in [1.807, 2.05) is 0 Å². The molecule has 1 atom stereocenters. The third kappa shape index (κ3) is 3.97. The van der Waals surface area contributed by atoms with Crippen molar-refractivity contribution < 1.29 is 0 Å². The van der Waals surface area contributed by atoms with Gasteiger partial charge in [0.1, 0.15) is 5.82 Å². The van der Waals surface area contributed by atoms with Gasteiger partial charge in [-0.1, -0.05) is 33.8 Å². The van der Waals surface area contributed by atoms with Crippen molar-refractivity contribution in [2.75, 3.05) is 31.1 Å². The van der Waals surface area contributed by atoms with Gasteiger partial charge in [-0.05, 0) is 36.8 Å². The number of hydrogen-bond donors (Lipinski definition) is 0. The summed E-state index contributed by atoms with van der Waals surface area (Å²) in [7, 11) is 0. The highest BCUT2D eigenvalue weighted by Crippen LogP contribution is 2.34. The number of rotatable bonds is 3. The first-order valence-corrected chi connectivity index (χ1v) is 8.24. The lowest BCUT2D eigenvalue weighted by atomic mass is 9.78. The van der Waals surface area contributed by atoms with Gasteiger partial charge >= 0.3 is 0 Å². The molecule has 118 valence electrons. The quantitative estimate of drug-likeness (QED) is 0.844. The van der Waals surface area contributed by atoms with Crippen LogP contribution in [-0.2, 0) is 0 Å². The van der Waals surface area contributed by atoms with Crippen LogP contribution in [0.3, 0.4) is 0 Å². The summed E-state index contributed by atoms with van der Waals surface area (Å²) < 4.78 is 0. The Labute approximate surface area is 130 Å². The van der Waals surface area contributed by atoms with Crippen LogP contribution in [0.1, 0.15) is 53.0 Å². The highest BCUT2D eigenvalue weighted by atomic mass is 15.3. The molecule has 1 aliphatic rings. The molecule has 0 unspecified atom stereocenters. The molecule has 0 radical (unpaired) electrons. The molecule has 1 saturated heterocycles. The number of hydrogen-bond acceptors (Lipinski definition) is 3. The molecule has 3 nitrogen and oxygen atoms in total. The molecule has 0 aromatic carbocycles. The monoisotopic (exact) mass is 289 g/mol. The summed E-state index contributed by atoms with van der Waals surface area (Å²) in [6, 6.07) is 5.10. The van der Waals surface area contributed by atoms with Crippen LogP contribution in [0.2, 0.25) is 0 Å². The lowest BCUT2D eigenvalue weighted by Crippen LogP contribution is -2.49. The van der Waals surface area contributed by atoms with Crippen molar-refractivity contribution in [2.45, 2.75) is 53.5 Å². The Hall–Kier alpha value is -1.09. The minimum atomic E-state index is 0.284. The highest BCUT2D eigenvalue weighted by molar-refractivity contribution is 5.40. The van der Waals surface area contributed by atoms with E-state index >= 15 is 0 Å². The smallest absolute Gasteiger partial charge is 0.128 e. The van der Waals surface area contributed by atoms with Gasteiger partial charge in [0, 0.05) is 38.4 Å². The van der Waals surface area contributed by atoms with Crippen molar-refractivity contribution in [2.24, 2.45) is 5.41 Å². The summed E-state index contributed by atoms with van der Waals surface area (Å²) >= 11 is 0. The van der Waals surface area contributed by atoms with Crippen molar-refractivity contribution in [3.05, 3.63) is 23.9 Å². The van der Waals surface area contributed by atoms with E-state index in [0.29, 0.717) is 12.0 Å². The SMILES string of the molecule is CC(C)N1CCN(c2ccc([C@@H](C)C(C)(C)C)cn2)CC1. The van der Waals surface area contributed by atoms with Crippen molar-refractivity contribution >= 4 is 5.82 Å². The Morgan fingerprint density at radius 1 is 1.00 bits per heavy atom. The summed E-state index contributed by atoms with van der Waals surface area (Å²) in [6.45, 7) is 18.1. The second kappa shape index (κ2) is 6.35. The lowest BCUT2D eigenvalue weighted by molar-refractivity contribution is 0.209. The van der Waals surface area contributed by atoms with Crippen molar-refractivity contribution in [3.8, 4) is 0 Å². The summed E-state index contributed by atoms with van der Waals surface area (Å²) in [4.78, 5) is 9.66. The summed E-state index contributed by atoms with van der Waals surface area (Å²) in [5.74, 6) is 1.65. The molecule has 1 aromatic rings. The van der Waals surface area contributed by atoms with E-state index in [1.165, 1.54) is 5.56 Å². The van der Waals surface area contributed by atoms with Crippen LogP contribution in [0.25, 0.3) is 0 Å². The van der Waals surface area contributed by atoms with E-state index in [9.17, 15) is 0 Å². The van der Waals surface area contributed by atoms with Gasteiger partial charge in [0.05, 0.1) is 0 Å². The van der Waals surface area contributed by atoms with Gasteiger partial charge in [0.25, 0.3) is 0 Å². The summed E-state index contributed by atoms with van der Waals surface area (Å²) in [5.41, 5.74) is 1.62. The Kier molecular flexibility index (Phi) is 4.92. The molecule has 0 spiro atoms. The molecule has 2 heterocycles. The molecule has 0 aliphatic carbocycles. The minimum Gasteiger partial charge on any atom is -0.354 e. The second-order valence-electron chi connectivity index (χ2n) is 7.65. The second-order valence-corrected chi connectivity index (χ2v) is 7.65. The first-order valence-electron chi connectivity index (χ1n) is 8.24. The van der Waals surface area contributed by atoms with Gasteiger partial charge in [0.2, 0.25) is 0 Å². The van der Waals surface area contributed by atoms with Crippen LogP contribution in [-0.4, -0.2) is 42.1 Å². The number of piperazine rings is 1. The fraction of sp³-hybridized carbons (Fsp3) is 0.722. The Morgan fingerprint density at radius 3 is 2.05 bits per heavy atom. The van der Waals surface area contributed by atoms with E-state index in [4.69, 9.17) is 4.98 Å². The maximum atomic E-state index is 4.71. The zero-order valence-electron chi connectivity index (χ0n) is 14.6. The van der Waals surface area contributed by atoms with Crippen LogP contribution in [0.4, 0.5) is 5.82 Å². The summed E-state index contributed by atoms with van der Waals surface area (Å²) in [6.07, 6.45) is 2.07. The van der Waals surface area contributed by atoms with Crippen molar-refractivity contribution in [3.63, 3.8) is 0 Å². The third-order valence-corrected chi connectivity index (χ3v) is 4.94. The average molecular weight is 289 g/mol. The van der Waals surface area contributed by atoms with E-state index in [-0.39, 0.29) is 5.41 Å². The Morgan fingerprint density at radius 2 is 1.62 bits per heavy atom. The molecular formula is C18H31N3. The van der Waals surface area contributed by atoms with Crippen molar-refractivity contribution in [1.29, 1.82) is 0 Å². The van der Waals surface area contributed by atoms with Gasteiger partial charge in [0.15, 0.2) is 0 Å². The van der Waals surface area contributed by atoms with E-state index in [2.05, 4.69) is 69.7 Å². The van der Waals surface area contributed by atoms with Crippen LogP contribution >= 0.6 is 0 Å². The standard InChI is InChI=1S/C18H31N3/c1-14(2)20-9-11-21(12-10-20)17-8-7-16(13-19-17)15(3)18(4,5)6/h7-8,13-15H,9-12H2,1-6H3/t15-/m1/s1. The number of anilines is 1. The first-order chi connectivity index (χ1) is 9.79. The van der Waals surface area contributed by atoms with Gasteiger partial charge < -0.3 is 4.90 Å². The Balaban J connectivity index is 2.00. The lowest BCUT2D eigenvalue weighted by Gasteiger charge is -2.37. The maximum absolute atomic E-state index is 4.71. The molecule has 1 aromatic heterocycles. The molecule has 2 rings (SSSR count). The van der Waals surface area contributed by atoms with E-state index in [1.54, 1.807) is 0 Å². The largest absolute Gasteiger partial charge is 0.354 e. The van der Waals surface area contributed by atoms with E-state index in [0.717, 1.165) is 32.0 Å². The fourth-order valence-corrected chi connectivity index (χ4v) is 2.81. The predicted molar refractivity (Wildman–Crippen MR) is 91.0 cm³/mol. The van der Waals surface area contributed by atoms with Crippen LogP contribution < -0.4 is 4.90 Å². The molecule has 0 N–H and O–H groups in total. The first kappa shape index (κ1) is 16.3. The molecule has 0 amide bonds. The van der Waals surface area contributed by atoms with Crippen molar-refractivity contribution in [1.82, 2.24) is 9.88 Å². The summed E-state index contributed by atoms with van der Waals surface area (Å²) in [5, 5.41) is 0. The molecule has 21 heavy (non-hydrogen) atoms. The zero-order chi connectivity index (χ0) is 15.6. The molecule has 0 saturated carbocycles. The van der Waals surface area contributed by atoms with Crippen LogP contribution in [0.5, 0.6) is 0 Å². The highest BCUT2D eigenvalue weighted by Gasteiger charge is 2.23. The van der Waals surface area contributed by atoms with Gasteiger partial charge in [-0.15, -0.1) is 0 Å². The normalized spacial score (nSPS) is 19.1. The van der Waals surface area contributed by atoms with Gasteiger partial charge in [-0.2, -0.15) is 0 Å². The topological polar surface area (TPSA) is 19.4 Å². The van der Waals surface area contributed by atoms with Gasteiger partial charge in [-0.25, -0.2) is 4.98 Å². The molecular weight excluding hydrogens is 258 g/mol. The minimum absolute atomic E-state index is 0.284. The fourth-order valence-electron chi connectivity index (χ4n) is 2.81. The number of nitrogens with zero attached hydrogens (tertiary/aromatic N) is 3. The molecule has 1 aliphatic heterocycles. The van der Waals surface area contributed by atoms with Crippen LogP contribution in [0, 0.1) is 5.41 Å². The maximum Gasteiger partial charge on any atom is 0.128 e. The number of pyridine rings is 1. The predicted octanol–water partition coefficient (Wildman–Crippen LogP) is 3.76. The van der Waals surface area contributed by atoms with E-state index < -0.39 is 0 Å². The zero-order valence-corrected chi connectivity index (χ0v) is 14.6. The van der Waals surface area contributed by atoms with Crippen LogP contribution in [0.15, 0.2) is 18.3 Å². The van der Waals surface area contributed by atoms with Gasteiger partial charge in [-0.3, -0.25) is 4.90 Å². The third-order valence-electron chi connectivity index (χ3n) is 4.94. The average Bonchev–Trinajstić information content (AvgIpc) is 2.46. The Bertz CT molecular complexity index is 437. The molecule has 3 heteroatoms. The molecule has 0 bridgehead atoms. The molecule has 1 fully saturated rings.